The first kappa shape index (κ1) is 8.26. The van der Waals surface area contributed by atoms with E-state index in [1.807, 2.05) is 4.57 Å². The quantitative estimate of drug-likeness (QED) is 0.696. The molecule has 1 fully saturated rings. The van der Waals surface area contributed by atoms with Gasteiger partial charge in [0.05, 0.1) is 0 Å². The fraction of sp³-hybridized carbons (Fsp3) is 0.800. The van der Waals surface area contributed by atoms with Gasteiger partial charge >= 0.3 is 5.69 Å². The number of hydrogen-bond donors (Lipinski definition) is 0. The van der Waals surface area contributed by atoms with E-state index in [0.29, 0.717) is 0 Å². The summed E-state index contributed by atoms with van der Waals surface area (Å²) >= 11 is 0. The number of fused-ring (bicyclic) bond motifs is 1. The maximum atomic E-state index is 11.8. The van der Waals surface area contributed by atoms with E-state index in [4.69, 9.17) is 0 Å². The van der Waals surface area contributed by atoms with Crippen LogP contribution in [0.25, 0.3) is 0 Å². The second-order valence-electron chi connectivity index (χ2n) is 4.43. The Morgan fingerprint density at radius 2 is 2.21 bits per heavy atom. The Bertz CT molecular complexity index is 400. The standard InChI is InChI=1S/C10H15N3O/c14-10-12-6-2-1-3-9(12)11-13(10)7-8-4-5-8/h8H,1-7H2. The summed E-state index contributed by atoms with van der Waals surface area (Å²) in [6, 6.07) is 0. The Morgan fingerprint density at radius 1 is 1.36 bits per heavy atom. The van der Waals surface area contributed by atoms with Crippen LogP contribution in [0.4, 0.5) is 0 Å². The molecule has 1 saturated carbocycles. The Balaban J connectivity index is 1.95. The predicted molar refractivity (Wildman–Crippen MR) is 52.1 cm³/mol. The van der Waals surface area contributed by atoms with Crippen molar-refractivity contribution in [3.8, 4) is 0 Å². The molecule has 0 unspecified atom stereocenters. The van der Waals surface area contributed by atoms with Crippen LogP contribution in [0.3, 0.4) is 0 Å². The fourth-order valence-corrected chi connectivity index (χ4v) is 2.11. The molecule has 1 aromatic rings. The molecule has 1 aliphatic carbocycles. The summed E-state index contributed by atoms with van der Waals surface area (Å²) in [6.45, 7) is 1.72. The molecule has 0 amide bonds. The molecule has 76 valence electrons. The van der Waals surface area contributed by atoms with E-state index in [1.54, 1.807) is 4.68 Å². The molecule has 14 heavy (non-hydrogen) atoms. The molecule has 0 bridgehead atoms. The molecule has 0 atom stereocenters. The molecule has 1 aliphatic heterocycles. The van der Waals surface area contributed by atoms with Crippen molar-refractivity contribution in [2.24, 2.45) is 5.92 Å². The lowest BCUT2D eigenvalue weighted by Gasteiger charge is -2.09. The van der Waals surface area contributed by atoms with Crippen LogP contribution in [-0.4, -0.2) is 14.3 Å². The van der Waals surface area contributed by atoms with Crippen LogP contribution in [0, 0.1) is 5.92 Å². The van der Waals surface area contributed by atoms with Gasteiger partial charge in [-0.25, -0.2) is 9.48 Å². The zero-order valence-corrected chi connectivity index (χ0v) is 8.28. The van der Waals surface area contributed by atoms with Gasteiger partial charge in [0.1, 0.15) is 5.82 Å². The van der Waals surface area contributed by atoms with Gasteiger partial charge < -0.3 is 0 Å². The lowest BCUT2D eigenvalue weighted by Crippen LogP contribution is -2.27. The summed E-state index contributed by atoms with van der Waals surface area (Å²) in [4.78, 5) is 11.8. The highest BCUT2D eigenvalue weighted by Gasteiger charge is 2.25. The van der Waals surface area contributed by atoms with Crippen molar-refractivity contribution in [3.05, 3.63) is 16.3 Å². The largest absolute Gasteiger partial charge is 0.345 e. The van der Waals surface area contributed by atoms with Crippen LogP contribution in [0.5, 0.6) is 0 Å². The van der Waals surface area contributed by atoms with Gasteiger partial charge in [0.2, 0.25) is 0 Å². The van der Waals surface area contributed by atoms with E-state index < -0.39 is 0 Å². The fourth-order valence-electron chi connectivity index (χ4n) is 2.11. The van der Waals surface area contributed by atoms with Crippen molar-refractivity contribution >= 4 is 0 Å². The topological polar surface area (TPSA) is 39.8 Å². The SMILES string of the molecule is O=c1n(CC2CC2)nc2n1CCCC2. The first-order chi connectivity index (χ1) is 6.84. The molecule has 4 heteroatoms. The van der Waals surface area contributed by atoms with Crippen molar-refractivity contribution in [3.63, 3.8) is 0 Å². The van der Waals surface area contributed by atoms with Gasteiger partial charge in [-0.3, -0.25) is 4.57 Å². The summed E-state index contributed by atoms with van der Waals surface area (Å²) < 4.78 is 3.53. The lowest BCUT2D eigenvalue weighted by atomic mass is 10.2. The van der Waals surface area contributed by atoms with Gasteiger partial charge in [-0.15, -0.1) is 0 Å². The minimum absolute atomic E-state index is 0.117. The van der Waals surface area contributed by atoms with Crippen molar-refractivity contribution < 1.29 is 0 Å². The Morgan fingerprint density at radius 3 is 2.93 bits per heavy atom. The van der Waals surface area contributed by atoms with Gasteiger partial charge in [-0.2, -0.15) is 5.10 Å². The van der Waals surface area contributed by atoms with E-state index in [2.05, 4.69) is 5.10 Å². The highest BCUT2D eigenvalue weighted by Crippen LogP contribution is 2.29. The summed E-state index contributed by atoms with van der Waals surface area (Å²) in [6.07, 6.45) is 5.83. The highest BCUT2D eigenvalue weighted by atomic mass is 16.2. The van der Waals surface area contributed by atoms with Gasteiger partial charge in [-0.1, -0.05) is 0 Å². The molecular formula is C10H15N3O. The Hall–Kier alpha value is -1.06. The Kier molecular flexibility index (Phi) is 1.75. The average molecular weight is 193 g/mol. The number of aromatic nitrogens is 3. The van der Waals surface area contributed by atoms with Gasteiger partial charge in [0, 0.05) is 19.5 Å². The van der Waals surface area contributed by atoms with Gasteiger partial charge in [0.15, 0.2) is 0 Å². The van der Waals surface area contributed by atoms with E-state index in [-0.39, 0.29) is 5.69 Å². The molecule has 0 spiro atoms. The first-order valence-electron chi connectivity index (χ1n) is 5.51. The van der Waals surface area contributed by atoms with Gasteiger partial charge in [-0.05, 0) is 31.6 Å². The molecule has 0 N–H and O–H groups in total. The monoisotopic (exact) mass is 193 g/mol. The van der Waals surface area contributed by atoms with Crippen molar-refractivity contribution in [1.29, 1.82) is 0 Å². The normalized spacial score (nSPS) is 20.9. The number of rotatable bonds is 2. The van der Waals surface area contributed by atoms with Crippen LogP contribution in [0.1, 0.15) is 31.5 Å². The third-order valence-electron chi connectivity index (χ3n) is 3.16. The van der Waals surface area contributed by atoms with E-state index in [1.165, 1.54) is 19.3 Å². The molecule has 3 rings (SSSR count). The van der Waals surface area contributed by atoms with Crippen molar-refractivity contribution in [2.45, 2.75) is 45.2 Å². The zero-order valence-electron chi connectivity index (χ0n) is 8.28. The van der Waals surface area contributed by atoms with Crippen LogP contribution in [0.2, 0.25) is 0 Å². The second kappa shape index (κ2) is 2.97. The van der Waals surface area contributed by atoms with Crippen LogP contribution >= 0.6 is 0 Å². The molecule has 2 aliphatic rings. The van der Waals surface area contributed by atoms with Crippen molar-refractivity contribution in [2.75, 3.05) is 0 Å². The Labute approximate surface area is 82.5 Å². The summed E-state index contributed by atoms with van der Waals surface area (Å²) in [5.74, 6) is 1.73. The number of nitrogens with zero attached hydrogens (tertiary/aromatic N) is 3. The minimum atomic E-state index is 0.117. The highest BCUT2D eigenvalue weighted by molar-refractivity contribution is 4.92. The summed E-state index contributed by atoms with van der Waals surface area (Å²) in [5.41, 5.74) is 0.117. The molecule has 0 radical (unpaired) electrons. The maximum Gasteiger partial charge on any atom is 0.345 e. The number of hydrogen-bond acceptors (Lipinski definition) is 2. The molecule has 2 heterocycles. The van der Waals surface area contributed by atoms with Crippen molar-refractivity contribution in [1.82, 2.24) is 14.3 Å². The van der Waals surface area contributed by atoms with Crippen LogP contribution in [-0.2, 0) is 19.5 Å². The molecular weight excluding hydrogens is 178 g/mol. The second-order valence-corrected chi connectivity index (χ2v) is 4.43. The van der Waals surface area contributed by atoms with E-state index >= 15 is 0 Å². The van der Waals surface area contributed by atoms with E-state index in [9.17, 15) is 4.79 Å². The third-order valence-corrected chi connectivity index (χ3v) is 3.16. The van der Waals surface area contributed by atoms with Gasteiger partial charge in [0.25, 0.3) is 0 Å². The predicted octanol–water partition coefficient (Wildman–Crippen LogP) is 0.791. The summed E-state index contributed by atoms with van der Waals surface area (Å²) in [5, 5.41) is 4.40. The summed E-state index contributed by atoms with van der Waals surface area (Å²) in [7, 11) is 0. The van der Waals surface area contributed by atoms with E-state index in [0.717, 1.165) is 37.7 Å². The first-order valence-corrected chi connectivity index (χ1v) is 5.51. The van der Waals surface area contributed by atoms with Crippen LogP contribution in [0.15, 0.2) is 4.79 Å². The smallest absolute Gasteiger partial charge is 0.279 e. The molecule has 4 nitrogen and oxygen atoms in total. The average Bonchev–Trinajstić information content (AvgIpc) is 2.95. The maximum absolute atomic E-state index is 11.8. The molecule has 0 aromatic carbocycles. The number of aryl methyl sites for hydroxylation is 1. The zero-order chi connectivity index (χ0) is 9.54. The molecule has 1 aromatic heterocycles. The van der Waals surface area contributed by atoms with Crippen LogP contribution < -0.4 is 5.69 Å². The third kappa shape index (κ3) is 1.29. The molecule has 0 saturated heterocycles. The lowest BCUT2D eigenvalue weighted by molar-refractivity contribution is 0.507. The minimum Gasteiger partial charge on any atom is -0.279 e.